The van der Waals surface area contributed by atoms with Crippen LogP contribution in [0.3, 0.4) is 0 Å². The van der Waals surface area contributed by atoms with Crippen LogP contribution in [0.5, 0.6) is 5.75 Å². The number of methoxy groups -OCH3 is 1. The first-order valence-electron chi connectivity index (χ1n) is 16.6. The number of aromatic nitrogens is 3. The number of carbonyl (C=O) groups excluding carboxylic acids is 1. The summed E-state index contributed by atoms with van der Waals surface area (Å²) in [5.74, 6) is 1.26. The smallest absolute Gasteiger partial charge is 0.310 e. The number of anilines is 1. The lowest BCUT2D eigenvalue weighted by Gasteiger charge is -2.40. The van der Waals surface area contributed by atoms with Gasteiger partial charge in [-0.15, -0.1) is 13.2 Å². The molecule has 262 valence electrons. The number of benzene rings is 2. The number of ether oxygens (including phenoxy) is 3. The van der Waals surface area contributed by atoms with Crippen LogP contribution >= 0.6 is 11.6 Å². The molecule has 0 amide bonds. The van der Waals surface area contributed by atoms with Crippen LogP contribution in [-0.2, 0) is 20.7 Å². The van der Waals surface area contributed by atoms with Crippen LogP contribution in [0, 0.1) is 6.92 Å². The Bertz CT molecular complexity index is 1760. The number of fused-ring (bicyclic) bond motifs is 1. The summed E-state index contributed by atoms with van der Waals surface area (Å²) in [6.07, 6.45) is 6.11. The van der Waals surface area contributed by atoms with Gasteiger partial charge in [-0.25, -0.2) is 4.98 Å². The first-order valence-corrected chi connectivity index (χ1v) is 17.0. The summed E-state index contributed by atoms with van der Waals surface area (Å²) in [5, 5.41) is 14.2. The number of esters is 1. The zero-order chi connectivity index (χ0) is 35.8. The Morgan fingerprint density at radius 3 is 2.43 bits per heavy atom. The van der Waals surface area contributed by atoms with Crippen molar-refractivity contribution >= 4 is 29.0 Å². The predicted molar refractivity (Wildman–Crippen MR) is 198 cm³/mol. The molecule has 0 atom stereocenters. The molecule has 3 heterocycles. The second-order valence-electron chi connectivity index (χ2n) is 13.4. The van der Waals surface area contributed by atoms with Crippen molar-refractivity contribution in [1.29, 1.82) is 0 Å². The first kappa shape index (κ1) is 37.6. The minimum absolute atomic E-state index is 0.108. The fourth-order valence-electron chi connectivity index (χ4n) is 5.57. The molecule has 2 aromatic carbocycles. The lowest BCUT2D eigenvalue weighted by Crippen LogP contribution is -2.45. The Labute approximate surface area is 295 Å². The molecule has 1 N–H and O–H groups in total. The van der Waals surface area contributed by atoms with E-state index >= 15 is 0 Å². The van der Waals surface area contributed by atoms with Crippen LogP contribution in [0.25, 0.3) is 28.0 Å². The largest absolute Gasteiger partial charge is 0.493 e. The van der Waals surface area contributed by atoms with E-state index in [1.165, 1.54) is 7.11 Å². The van der Waals surface area contributed by atoms with E-state index in [-0.39, 0.29) is 18.0 Å². The summed E-state index contributed by atoms with van der Waals surface area (Å²) >= 11 is 6.31. The molecule has 2 aromatic heterocycles. The summed E-state index contributed by atoms with van der Waals surface area (Å²) in [5.41, 5.74) is 5.19. The molecule has 0 bridgehead atoms. The van der Waals surface area contributed by atoms with Gasteiger partial charge in [-0.1, -0.05) is 42.0 Å². The van der Waals surface area contributed by atoms with Gasteiger partial charge in [0.05, 0.1) is 43.6 Å². The van der Waals surface area contributed by atoms with E-state index in [2.05, 4.69) is 31.0 Å². The Hall–Kier alpha value is -4.18. The van der Waals surface area contributed by atoms with Gasteiger partial charge < -0.3 is 24.2 Å². The number of carbonyl (C=O) groups is 1. The van der Waals surface area contributed by atoms with E-state index in [9.17, 15) is 4.79 Å². The molecule has 5 rings (SSSR count). The number of hydrogen-bond donors (Lipinski definition) is 1. The third-order valence-corrected chi connectivity index (χ3v) is 8.33. The van der Waals surface area contributed by atoms with Gasteiger partial charge in [-0.2, -0.15) is 9.61 Å². The van der Waals surface area contributed by atoms with Crippen molar-refractivity contribution in [2.75, 3.05) is 38.3 Å². The molecular formula is C39H49ClN4O5. The molecule has 1 aliphatic heterocycles. The highest BCUT2D eigenvalue weighted by molar-refractivity contribution is 6.30. The van der Waals surface area contributed by atoms with E-state index in [0.717, 1.165) is 71.8 Å². The van der Waals surface area contributed by atoms with Gasteiger partial charge >= 0.3 is 5.97 Å². The van der Waals surface area contributed by atoms with Crippen LogP contribution in [-0.4, -0.2) is 70.3 Å². The van der Waals surface area contributed by atoms with Crippen molar-refractivity contribution < 1.29 is 24.1 Å². The van der Waals surface area contributed by atoms with Gasteiger partial charge in [0.15, 0.2) is 5.65 Å². The highest BCUT2D eigenvalue weighted by Gasteiger charge is 2.33. The van der Waals surface area contributed by atoms with Gasteiger partial charge in [0.1, 0.15) is 11.6 Å². The van der Waals surface area contributed by atoms with Gasteiger partial charge in [-0.3, -0.25) is 4.79 Å². The van der Waals surface area contributed by atoms with Crippen LogP contribution in [0.15, 0.2) is 73.8 Å². The molecule has 1 fully saturated rings. The summed E-state index contributed by atoms with van der Waals surface area (Å²) in [6.45, 7) is 19.4. The Morgan fingerprint density at radius 1 is 1.08 bits per heavy atom. The maximum absolute atomic E-state index is 12.5. The fourth-order valence-corrected chi connectivity index (χ4v) is 5.74. The quantitative estimate of drug-likeness (QED) is 0.0908. The predicted octanol–water partition coefficient (Wildman–Crippen LogP) is 8.03. The number of halogens is 1. The normalized spacial score (nSPS) is 14.2. The second-order valence-corrected chi connectivity index (χ2v) is 13.8. The maximum Gasteiger partial charge on any atom is 0.310 e. The minimum Gasteiger partial charge on any atom is -0.493 e. The molecular weight excluding hydrogens is 640 g/mol. The van der Waals surface area contributed by atoms with E-state index < -0.39 is 5.60 Å². The van der Waals surface area contributed by atoms with Gasteiger partial charge in [-0.05, 0) is 83.7 Å². The van der Waals surface area contributed by atoms with E-state index in [0.29, 0.717) is 29.6 Å². The first-order chi connectivity index (χ1) is 23.2. The standard InChI is InChI=1S/C35H39ClN4O4.C4H10O/c1-6-8-19-43-31-21-27(36)12-13-28(31)25-10-9-11-26(20-25)30-23-32-37-24(3)29(22-33(41)42-5)34(40(32)38-30)39-16-14-35(4,15-17-39)44-18-7-2;1-4(2,3)5/h6-7,9-13,20-21,23H,1-2,8,14-19,22H2,3-5H3;5H,1-3H3. The molecule has 1 saturated heterocycles. The Kier molecular flexibility index (Phi) is 12.7. The number of rotatable bonds is 12. The van der Waals surface area contributed by atoms with Crippen LogP contribution in [0.2, 0.25) is 5.02 Å². The number of piperidine rings is 1. The third kappa shape index (κ3) is 10.2. The zero-order valence-corrected chi connectivity index (χ0v) is 30.3. The number of aryl methyl sites for hydroxylation is 1. The van der Waals surface area contributed by atoms with E-state index in [4.69, 9.17) is 41.0 Å². The summed E-state index contributed by atoms with van der Waals surface area (Å²) < 4.78 is 19.1. The Morgan fingerprint density at radius 2 is 1.78 bits per heavy atom. The van der Waals surface area contributed by atoms with Crippen molar-refractivity contribution in [2.24, 2.45) is 0 Å². The topological polar surface area (TPSA) is 98.4 Å². The molecule has 10 heteroatoms. The zero-order valence-electron chi connectivity index (χ0n) is 29.6. The molecule has 0 spiro atoms. The van der Waals surface area contributed by atoms with Crippen molar-refractivity contribution in [3.63, 3.8) is 0 Å². The lowest BCUT2D eigenvalue weighted by atomic mass is 9.93. The molecule has 49 heavy (non-hydrogen) atoms. The lowest BCUT2D eigenvalue weighted by molar-refractivity contribution is -0.139. The number of nitrogens with zero attached hydrogens (tertiary/aromatic N) is 4. The average Bonchev–Trinajstić information content (AvgIpc) is 3.48. The Balaban J connectivity index is 0.00000101. The fraction of sp³-hybridized carbons (Fsp3) is 0.410. The third-order valence-electron chi connectivity index (χ3n) is 8.09. The summed E-state index contributed by atoms with van der Waals surface area (Å²) in [6, 6.07) is 15.8. The summed E-state index contributed by atoms with van der Waals surface area (Å²) in [7, 11) is 1.40. The second kappa shape index (κ2) is 16.5. The van der Waals surface area contributed by atoms with Crippen LogP contribution < -0.4 is 9.64 Å². The van der Waals surface area contributed by atoms with Crippen molar-refractivity contribution in [1.82, 2.24) is 14.6 Å². The highest BCUT2D eigenvalue weighted by atomic mass is 35.5. The van der Waals surface area contributed by atoms with E-state index in [1.807, 2.05) is 60.0 Å². The molecule has 0 aliphatic carbocycles. The molecule has 0 unspecified atom stereocenters. The van der Waals surface area contributed by atoms with Crippen molar-refractivity contribution in [2.45, 2.75) is 71.5 Å². The minimum atomic E-state index is -0.500. The average molecular weight is 689 g/mol. The maximum atomic E-state index is 12.5. The highest BCUT2D eigenvalue weighted by Crippen LogP contribution is 2.36. The van der Waals surface area contributed by atoms with E-state index in [1.54, 1.807) is 26.8 Å². The van der Waals surface area contributed by atoms with Crippen molar-refractivity contribution in [3.05, 3.63) is 90.1 Å². The molecule has 0 saturated carbocycles. The van der Waals surface area contributed by atoms with Gasteiger partial charge in [0.2, 0.25) is 0 Å². The van der Waals surface area contributed by atoms with Gasteiger partial charge in [0.25, 0.3) is 0 Å². The SMILES string of the molecule is C=CCCOc1cc(Cl)ccc1-c1cccc(-c2cc3nc(C)c(CC(=O)OC)c(N4CCC(C)(OCC=C)CC4)n3n2)c1.CC(C)(C)O. The number of hydrogen-bond acceptors (Lipinski definition) is 8. The van der Waals surface area contributed by atoms with Crippen LogP contribution in [0.4, 0.5) is 5.82 Å². The van der Waals surface area contributed by atoms with Crippen LogP contribution in [0.1, 0.15) is 58.2 Å². The van der Waals surface area contributed by atoms with Gasteiger partial charge in [0, 0.05) is 46.6 Å². The molecule has 0 radical (unpaired) electrons. The van der Waals surface area contributed by atoms with Crippen molar-refractivity contribution in [3.8, 4) is 28.1 Å². The molecule has 9 nitrogen and oxygen atoms in total. The molecule has 1 aliphatic rings. The monoisotopic (exact) mass is 688 g/mol. The number of aliphatic hydroxyl groups is 1. The summed E-state index contributed by atoms with van der Waals surface area (Å²) in [4.78, 5) is 19.7. The molecule has 4 aromatic rings.